The van der Waals surface area contributed by atoms with Crippen molar-refractivity contribution in [2.24, 2.45) is 11.8 Å². The fraction of sp³-hybridized carbons (Fsp3) is 0.500. The molecule has 2 aliphatic rings. The molecule has 3 rings (SSSR count). The Bertz CT molecular complexity index is 856. The average molecular weight is 414 g/mol. The Labute approximate surface area is 174 Å². The first kappa shape index (κ1) is 21.7. The van der Waals surface area contributed by atoms with E-state index in [1.807, 2.05) is 0 Å². The highest BCUT2D eigenvalue weighted by Crippen LogP contribution is 2.37. The molecule has 0 spiro atoms. The molecule has 2 fully saturated rings. The Hall–Kier alpha value is -3.03. The van der Waals surface area contributed by atoms with Crippen molar-refractivity contribution in [1.82, 2.24) is 4.90 Å². The number of benzene rings is 1. The van der Waals surface area contributed by atoms with Gasteiger partial charge in [-0.2, -0.15) is 0 Å². The van der Waals surface area contributed by atoms with E-state index in [0.717, 1.165) is 25.7 Å². The molecule has 1 saturated carbocycles. The van der Waals surface area contributed by atoms with Crippen molar-refractivity contribution in [1.29, 1.82) is 0 Å². The number of amides is 3. The molecule has 1 aromatic carbocycles. The minimum absolute atomic E-state index is 0.0293. The Morgan fingerprint density at radius 2 is 1.77 bits per heavy atom. The lowest BCUT2D eigenvalue weighted by molar-refractivity contribution is -0.154. The summed E-state index contributed by atoms with van der Waals surface area (Å²) in [6.45, 7) is 2.83. The number of nitrogens with zero attached hydrogens (tertiary/aromatic N) is 1. The number of likely N-dealkylation sites (tertiary alicyclic amines) is 1. The van der Waals surface area contributed by atoms with Crippen LogP contribution in [0.15, 0.2) is 24.3 Å². The van der Waals surface area contributed by atoms with Gasteiger partial charge in [-0.05, 0) is 38.8 Å². The van der Waals surface area contributed by atoms with E-state index >= 15 is 0 Å². The molecule has 1 aromatic rings. The third kappa shape index (κ3) is 4.75. The minimum atomic E-state index is -1.06. The monoisotopic (exact) mass is 414 g/mol. The summed E-state index contributed by atoms with van der Waals surface area (Å²) in [6.07, 6.45) is 2.10. The smallest absolute Gasteiger partial charge is 0.308 e. The standard InChI is InChI=1S/C22H26N2O6/c1-13(25)15-6-5-7-16(12-15)23-20(27)14(2)30-19(26)10-11-24-21(28)17-8-3-4-9-18(17)22(24)29/h5-7,12,14,17-18H,3-4,8-11H2,1-2H3,(H,23,27)/t14-,17+,18+/m1/s1. The zero-order chi connectivity index (χ0) is 21.8. The lowest BCUT2D eigenvalue weighted by Crippen LogP contribution is -2.35. The summed E-state index contributed by atoms with van der Waals surface area (Å²) in [5.41, 5.74) is 0.879. The highest BCUT2D eigenvalue weighted by Gasteiger charge is 2.47. The third-order valence-electron chi connectivity index (χ3n) is 5.69. The van der Waals surface area contributed by atoms with Crippen LogP contribution in [0.4, 0.5) is 5.69 Å². The lowest BCUT2D eigenvalue weighted by Gasteiger charge is -2.19. The quantitative estimate of drug-likeness (QED) is 0.417. The number of fused-ring (bicyclic) bond motifs is 1. The number of hydrogen-bond acceptors (Lipinski definition) is 6. The minimum Gasteiger partial charge on any atom is -0.452 e. The van der Waals surface area contributed by atoms with E-state index in [9.17, 15) is 24.0 Å². The first-order valence-electron chi connectivity index (χ1n) is 10.2. The Morgan fingerprint density at radius 1 is 1.13 bits per heavy atom. The summed E-state index contributed by atoms with van der Waals surface area (Å²) in [4.78, 5) is 61.9. The molecule has 1 aliphatic carbocycles. The van der Waals surface area contributed by atoms with Crippen LogP contribution in [0, 0.1) is 11.8 Å². The Morgan fingerprint density at radius 3 is 2.37 bits per heavy atom. The van der Waals surface area contributed by atoms with Crippen molar-refractivity contribution >= 4 is 35.2 Å². The molecule has 1 saturated heterocycles. The van der Waals surface area contributed by atoms with E-state index in [1.54, 1.807) is 24.3 Å². The van der Waals surface area contributed by atoms with E-state index in [1.165, 1.54) is 18.7 Å². The van der Waals surface area contributed by atoms with Gasteiger partial charge >= 0.3 is 5.97 Å². The molecule has 1 N–H and O–H groups in total. The largest absolute Gasteiger partial charge is 0.452 e. The van der Waals surface area contributed by atoms with Crippen LogP contribution in [-0.2, 0) is 23.9 Å². The van der Waals surface area contributed by atoms with Gasteiger partial charge in [-0.25, -0.2) is 0 Å². The zero-order valence-corrected chi connectivity index (χ0v) is 17.2. The lowest BCUT2D eigenvalue weighted by atomic mass is 9.81. The molecule has 8 nitrogen and oxygen atoms in total. The van der Waals surface area contributed by atoms with E-state index in [0.29, 0.717) is 11.3 Å². The van der Waals surface area contributed by atoms with Crippen molar-refractivity contribution in [2.75, 3.05) is 11.9 Å². The Balaban J connectivity index is 1.49. The Kier molecular flexibility index (Phi) is 6.64. The molecule has 3 amide bonds. The predicted octanol–water partition coefficient (Wildman–Crippen LogP) is 2.32. The van der Waals surface area contributed by atoms with Gasteiger partial charge in [0.05, 0.1) is 18.3 Å². The molecule has 0 unspecified atom stereocenters. The van der Waals surface area contributed by atoms with Gasteiger partial charge in [-0.3, -0.25) is 28.9 Å². The topological polar surface area (TPSA) is 110 Å². The number of ketones is 1. The van der Waals surface area contributed by atoms with Crippen LogP contribution in [0.25, 0.3) is 0 Å². The molecule has 1 aliphatic heterocycles. The molecular formula is C22H26N2O6. The second kappa shape index (κ2) is 9.19. The summed E-state index contributed by atoms with van der Waals surface area (Å²) in [7, 11) is 0. The number of Topliss-reactive ketones (excluding diaryl/α,β-unsaturated/α-hetero) is 1. The van der Waals surface area contributed by atoms with E-state index in [-0.39, 0.29) is 42.4 Å². The first-order valence-corrected chi connectivity index (χ1v) is 10.2. The van der Waals surface area contributed by atoms with Crippen LogP contribution >= 0.6 is 0 Å². The average Bonchev–Trinajstić information content (AvgIpc) is 2.97. The van der Waals surface area contributed by atoms with Crippen molar-refractivity contribution in [2.45, 2.75) is 52.1 Å². The number of hydrogen-bond donors (Lipinski definition) is 1. The second-order valence-corrected chi connectivity index (χ2v) is 7.83. The molecule has 0 bridgehead atoms. The maximum atomic E-state index is 12.4. The third-order valence-corrected chi connectivity index (χ3v) is 5.69. The fourth-order valence-electron chi connectivity index (χ4n) is 4.02. The normalized spacial score (nSPS) is 21.7. The molecule has 160 valence electrons. The summed E-state index contributed by atoms with van der Waals surface area (Å²) in [5, 5.41) is 2.60. The highest BCUT2D eigenvalue weighted by atomic mass is 16.5. The van der Waals surface area contributed by atoms with Gasteiger partial charge in [0, 0.05) is 17.8 Å². The molecule has 3 atom stereocenters. The van der Waals surface area contributed by atoms with Crippen molar-refractivity contribution < 1.29 is 28.7 Å². The number of ether oxygens (including phenoxy) is 1. The SMILES string of the molecule is CC(=O)c1cccc(NC(=O)[C@@H](C)OC(=O)CCN2C(=O)[C@H]3CCCC[C@@H]3C2=O)c1. The van der Waals surface area contributed by atoms with Gasteiger partial charge in [-0.1, -0.05) is 25.0 Å². The van der Waals surface area contributed by atoms with Gasteiger partial charge in [-0.15, -0.1) is 0 Å². The predicted molar refractivity (Wildman–Crippen MR) is 107 cm³/mol. The molecule has 0 aromatic heterocycles. The van der Waals surface area contributed by atoms with Crippen LogP contribution in [0.3, 0.4) is 0 Å². The van der Waals surface area contributed by atoms with Crippen LogP contribution in [0.2, 0.25) is 0 Å². The van der Waals surface area contributed by atoms with Gasteiger partial charge in [0.2, 0.25) is 11.8 Å². The molecule has 30 heavy (non-hydrogen) atoms. The molecule has 8 heteroatoms. The number of imide groups is 1. The number of esters is 1. The number of rotatable bonds is 7. The summed E-state index contributed by atoms with van der Waals surface area (Å²) in [5.74, 6) is -2.23. The van der Waals surface area contributed by atoms with Crippen molar-refractivity contribution in [3.63, 3.8) is 0 Å². The van der Waals surface area contributed by atoms with E-state index in [4.69, 9.17) is 4.74 Å². The first-order chi connectivity index (χ1) is 14.3. The van der Waals surface area contributed by atoms with Crippen molar-refractivity contribution in [3.05, 3.63) is 29.8 Å². The number of carbonyl (C=O) groups excluding carboxylic acids is 5. The summed E-state index contributed by atoms with van der Waals surface area (Å²) in [6, 6.07) is 6.45. The second-order valence-electron chi connectivity index (χ2n) is 7.83. The summed E-state index contributed by atoms with van der Waals surface area (Å²) < 4.78 is 5.14. The van der Waals surface area contributed by atoms with E-state index in [2.05, 4.69) is 5.32 Å². The maximum absolute atomic E-state index is 12.4. The van der Waals surface area contributed by atoms with Crippen LogP contribution in [0.1, 0.15) is 56.3 Å². The highest BCUT2D eigenvalue weighted by molar-refractivity contribution is 6.05. The number of nitrogens with one attached hydrogen (secondary N) is 1. The van der Waals surface area contributed by atoms with Gasteiger partial charge in [0.25, 0.3) is 5.91 Å². The van der Waals surface area contributed by atoms with Gasteiger partial charge in [0.15, 0.2) is 11.9 Å². The van der Waals surface area contributed by atoms with Gasteiger partial charge < -0.3 is 10.1 Å². The van der Waals surface area contributed by atoms with Gasteiger partial charge in [0.1, 0.15) is 0 Å². The van der Waals surface area contributed by atoms with Crippen LogP contribution < -0.4 is 5.32 Å². The van der Waals surface area contributed by atoms with Crippen LogP contribution in [0.5, 0.6) is 0 Å². The molecule has 1 heterocycles. The van der Waals surface area contributed by atoms with Crippen molar-refractivity contribution in [3.8, 4) is 0 Å². The molecule has 0 radical (unpaired) electrons. The number of carbonyl (C=O) groups is 5. The maximum Gasteiger partial charge on any atom is 0.308 e. The number of anilines is 1. The molecular weight excluding hydrogens is 388 g/mol. The summed E-state index contributed by atoms with van der Waals surface area (Å²) >= 11 is 0. The fourth-order valence-corrected chi connectivity index (χ4v) is 4.02. The zero-order valence-electron chi connectivity index (χ0n) is 17.2. The van der Waals surface area contributed by atoms with E-state index < -0.39 is 18.0 Å². The van der Waals surface area contributed by atoms with Crippen LogP contribution in [-0.4, -0.2) is 47.0 Å².